The summed E-state index contributed by atoms with van der Waals surface area (Å²) in [5.41, 5.74) is 1.66. The lowest BCUT2D eigenvalue weighted by Crippen LogP contribution is -1.88. The Labute approximate surface area is 105 Å². The zero-order valence-electron chi connectivity index (χ0n) is 7.83. The highest BCUT2D eigenvalue weighted by Crippen LogP contribution is 2.37. The monoisotopic (exact) mass is 303 g/mol. The van der Waals surface area contributed by atoms with Crippen LogP contribution < -0.4 is 4.74 Å². The van der Waals surface area contributed by atoms with Gasteiger partial charge in [-0.05, 0) is 28.1 Å². The molecule has 0 saturated carbocycles. The fourth-order valence-corrected chi connectivity index (χ4v) is 2.55. The van der Waals surface area contributed by atoms with E-state index in [0.717, 1.165) is 20.9 Å². The largest absolute Gasteiger partial charge is 0.496 e. The van der Waals surface area contributed by atoms with E-state index in [0.29, 0.717) is 5.02 Å². The van der Waals surface area contributed by atoms with Crippen molar-refractivity contribution in [2.45, 2.75) is 0 Å². The van der Waals surface area contributed by atoms with Crippen LogP contribution in [-0.2, 0) is 0 Å². The summed E-state index contributed by atoms with van der Waals surface area (Å²) >= 11 is 11.0. The molecule has 5 heteroatoms. The predicted molar refractivity (Wildman–Crippen MR) is 66.8 cm³/mol. The van der Waals surface area contributed by atoms with Gasteiger partial charge in [-0.1, -0.05) is 17.7 Å². The molecular formula is C10H7BrClNOS. The van der Waals surface area contributed by atoms with Gasteiger partial charge in [0, 0.05) is 5.38 Å². The molecule has 78 valence electrons. The Morgan fingerprint density at radius 3 is 2.87 bits per heavy atom. The van der Waals surface area contributed by atoms with Crippen molar-refractivity contribution >= 4 is 38.9 Å². The third kappa shape index (κ3) is 2.17. The molecule has 15 heavy (non-hydrogen) atoms. The van der Waals surface area contributed by atoms with Crippen LogP contribution in [0.3, 0.4) is 0 Å². The quantitative estimate of drug-likeness (QED) is 0.828. The highest BCUT2D eigenvalue weighted by Gasteiger charge is 2.12. The van der Waals surface area contributed by atoms with Crippen LogP contribution in [-0.4, -0.2) is 12.1 Å². The van der Waals surface area contributed by atoms with Crippen LogP contribution >= 0.6 is 38.9 Å². The highest BCUT2D eigenvalue weighted by atomic mass is 79.9. The number of rotatable bonds is 2. The number of thiazole rings is 1. The minimum absolute atomic E-state index is 0.646. The van der Waals surface area contributed by atoms with Gasteiger partial charge in [-0.25, -0.2) is 4.98 Å². The number of hydrogen-bond donors (Lipinski definition) is 0. The second-order valence-corrected chi connectivity index (χ2v) is 5.34. The first kappa shape index (κ1) is 10.9. The Hall–Kier alpha value is -0.580. The Balaban J connectivity index is 2.60. The minimum atomic E-state index is 0.646. The fourth-order valence-electron chi connectivity index (χ4n) is 1.29. The molecule has 0 bridgehead atoms. The molecule has 1 aromatic carbocycles. The highest BCUT2D eigenvalue weighted by molar-refractivity contribution is 9.11. The van der Waals surface area contributed by atoms with Crippen molar-refractivity contribution in [3.05, 3.63) is 32.5 Å². The number of ether oxygens (including phenoxy) is 1. The average Bonchev–Trinajstić information content (AvgIpc) is 2.64. The van der Waals surface area contributed by atoms with E-state index in [1.807, 2.05) is 23.6 Å². The number of nitrogens with zero attached hydrogens (tertiary/aromatic N) is 1. The molecule has 2 rings (SSSR count). The summed E-state index contributed by atoms with van der Waals surface area (Å²) < 4.78 is 6.09. The van der Waals surface area contributed by atoms with E-state index in [4.69, 9.17) is 16.3 Å². The van der Waals surface area contributed by atoms with E-state index in [-0.39, 0.29) is 0 Å². The Morgan fingerprint density at radius 1 is 1.47 bits per heavy atom. The van der Waals surface area contributed by atoms with Crippen LogP contribution in [0.25, 0.3) is 11.3 Å². The van der Waals surface area contributed by atoms with Gasteiger partial charge >= 0.3 is 0 Å². The predicted octanol–water partition coefficient (Wildman–Crippen LogP) is 4.23. The van der Waals surface area contributed by atoms with Gasteiger partial charge in [0.15, 0.2) is 3.92 Å². The standard InChI is InChI=1S/C10H7BrClNOS/c1-14-8-4-2-3-6(12)9(8)7-5-15-10(11)13-7/h2-5H,1H3. The summed E-state index contributed by atoms with van der Waals surface area (Å²) in [5.74, 6) is 0.736. The summed E-state index contributed by atoms with van der Waals surface area (Å²) in [6.45, 7) is 0. The van der Waals surface area contributed by atoms with Crippen molar-refractivity contribution in [3.8, 4) is 17.0 Å². The van der Waals surface area contributed by atoms with Gasteiger partial charge in [0.2, 0.25) is 0 Å². The number of halogens is 2. The summed E-state index contributed by atoms with van der Waals surface area (Å²) in [4.78, 5) is 4.32. The lowest BCUT2D eigenvalue weighted by Gasteiger charge is -2.07. The summed E-state index contributed by atoms with van der Waals surface area (Å²) in [6.07, 6.45) is 0. The zero-order chi connectivity index (χ0) is 10.8. The van der Waals surface area contributed by atoms with Crippen molar-refractivity contribution in [3.63, 3.8) is 0 Å². The van der Waals surface area contributed by atoms with E-state index in [1.54, 1.807) is 7.11 Å². The first-order valence-electron chi connectivity index (χ1n) is 4.16. The topological polar surface area (TPSA) is 22.1 Å². The van der Waals surface area contributed by atoms with Crippen LogP contribution in [0.1, 0.15) is 0 Å². The van der Waals surface area contributed by atoms with Gasteiger partial charge in [0.05, 0.1) is 23.4 Å². The number of methoxy groups -OCH3 is 1. The normalized spacial score (nSPS) is 10.3. The van der Waals surface area contributed by atoms with Crippen molar-refractivity contribution < 1.29 is 4.74 Å². The molecule has 0 atom stereocenters. The lowest BCUT2D eigenvalue weighted by molar-refractivity contribution is 0.416. The molecule has 0 N–H and O–H groups in total. The van der Waals surface area contributed by atoms with Crippen molar-refractivity contribution in [2.75, 3.05) is 7.11 Å². The van der Waals surface area contributed by atoms with Crippen LogP contribution in [0.2, 0.25) is 5.02 Å². The smallest absolute Gasteiger partial charge is 0.159 e. The molecular weight excluding hydrogens is 298 g/mol. The molecule has 0 fully saturated rings. The Morgan fingerprint density at radius 2 is 2.27 bits per heavy atom. The van der Waals surface area contributed by atoms with Crippen LogP contribution in [0.15, 0.2) is 27.5 Å². The molecule has 0 aliphatic rings. The first-order chi connectivity index (χ1) is 7.22. The number of aromatic nitrogens is 1. The third-order valence-electron chi connectivity index (χ3n) is 1.93. The van der Waals surface area contributed by atoms with Gasteiger partial charge < -0.3 is 4.74 Å². The fraction of sp³-hybridized carbons (Fsp3) is 0.100. The molecule has 0 aliphatic carbocycles. The minimum Gasteiger partial charge on any atom is -0.496 e. The van der Waals surface area contributed by atoms with E-state index in [2.05, 4.69) is 20.9 Å². The van der Waals surface area contributed by atoms with Gasteiger partial charge in [-0.2, -0.15) is 0 Å². The Kier molecular flexibility index (Phi) is 3.29. The SMILES string of the molecule is COc1cccc(Cl)c1-c1csc(Br)n1. The average molecular weight is 305 g/mol. The maximum absolute atomic E-state index is 6.12. The maximum Gasteiger partial charge on any atom is 0.159 e. The molecule has 0 unspecified atom stereocenters. The molecule has 0 saturated heterocycles. The molecule has 0 aliphatic heterocycles. The zero-order valence-corrected chi connectivity index (χ0v) is 11.0. The van der Waals surface area contributed by atoms with Crippen LogP contribution in [0, 0.1) is 0 Å². The van der Waals surface area contributed by atoms with E-state index in [9.17, 15) is 0 Å². The molecule has 2 aromatic rings. The third-order valence-corrected chi connectivity index (χ3v) is 3.61. The lowest BCUT2D eigenvalue weighted by atomic mass is 10.1. The van der Waals surface area contributed by atoms with E-state index in [1.165, 1.54) is 11.3 Å². The summed E-state index contributed by atoms with van der Waals surface area (Å²) in [5, 5.41) is 2.58. The molecule has 1 aromatic heterocycles. The first-order valence-corrected chi connectivity index (χ1v) is 6.21. The molecule has 1 heterocycles. The van der Waals surface area contributed by atoms with Gasteiger partial charge in [0.25, 0.3) is 0 Å². The van der Waals surface area contributed by atoms with Gasteiger partial charge in [0.1, 0.15) is 5.75 Å². The van der Waals surface area contributed by atoms with Crippen molar-refractivity contribution in [1.82, 2.24) is 4.98 Å². The van der Waals surface area contributed by atoms with Crippen molar-refractivity contribution in [2.24, 2.45) is 0 Å². The second-order valence-electron chi connectivity index (χ2n) is 2.80. The number of hydrogen-bond acceptors (Lipinski definition) is 3. The van der Waals surface area contributed by atoms with E-state index < -0.39 is 0 Å². The Bertz CT molecular complexity index is 486. The molecule has 0 amide bonds. The summed E-state index contributed by atoms with van der Waals surface area (Å²) in [7, 11) is 1.62. The maximum atomic E-state index is 6.12. The molecule has 0 spiro atoms. The molecule has 0 radical (unpaired) electrons. The van der Waals surface area contributed by atoms with Crippen LogP contribution in [0.4, 0.5) is 0 Å². The van der Waals surface area contributed by atoms with Gasteiger partial charge in [-0.15, -0.1) is 11.3 Å². The second kappa shape index (κ2) is 4.51. The number of benzene rings is 1. The van der Waals surface area contributed by atoms with Crippen molar-refractivity contribution in [1.29, 1.82) is 0 Å². The van der Waals surface area contributed by atoms with Gasteiger partial charge in [-0.3, -0.25) is 0 Å². The van der Waals surface area contributed by atoms with Crippen LogP contribution in [0.5, 0.6) is 5.75 Å². The summed E-state index contributed by atoms with van der Waals surface area (Å²) in [6, 6.07) is 5.55. The molecule has 2 nitrogen and oxygen atoms in total. The van der Waals surface area contributed by atoms with E-state index >= 15 is 0 Å².